The van der Waals surface area contributed by atoms with E-state index in [1.165, 1.54) is 6.42 Å². The Morgan fingerprint density at radius 3 is 2.70 bits per heavy atom. The van der Waals surface area contributed by atoms with E-state index in [0.29, 0.717) is 18.0 Å². The highest BCUT2D eigenvalue weighted by molar-refractivity contribution is 9.10. The summed E-state index contributed by atoms with van der Waals surface area (Å²) in [4.78, 5) is 14.0. The summed E-state index contributed by atoms with van der Waals surface area (Å²) in [5.41, 5.74) is 3.36. The molecule has 1 aliphatic heterocycles. The van der Waals surface area contributed by atoms with Crippen LogP contribution in [-0.2, 0) is 4.79 Å². The van der Waals surface area contributed by atoms with Gasteiger partial charge >= 0.3 is 0 Å². The number of nitrogens with one attached hydrogen (secondary N) is 1. The molecule has 2 rings (SSSR count). The van der Waals surface area contributed by atoms with Crippen molar-refractivity contribution in [2.75, 3.05) is 33.9 Å². The predicted octanol–water partition coefficient (Wildman–Crippen LogP) is 2.40. The number of rotatable bonds is 6. The molecule has 0 aliphatic carbocycles. The molecule has 0 aromatic heterocycles. The molecule has 6 nitrogen and oxygen atoms in total. The molecule has 0 saturated carbocycles. The highest BCUT2D eigenvalue weighted by Gasteiger charge is 2.13. The molecule has 1 aromatic rings. The molecule has 1 aliphatic rings. The summed E-state index contributed by atoms with van der Waals surface area (Å²) in [5.74, 6) is 1.13. The van der Waals surface area contributed by atoms with Crippen LogP contribution in [0, 0.1) is 0 Å². The average molecular weight is 384 g/mol. The van der Waals surface area contributed by atoms with E-state index in [4.69, 9.17) is 9.47 Å². The second kappa shape index (κ2) is 8.88. The van der Waals surface area contributed by atoms with E-state index < -0.39 is 0 Å². The van der Waals surface area contributed by atoms with Crippen molar-refractivity contribution in [1.29, 1.82) is 0 Å². The first-order valence-electron chi connectivity index (χ1n) is 7.60. The molecule has 0 bridgehead atoms. The van der Waals surface area contributed by atoms with Gasteiger partial charge in [-0.25, -0.2) is 5.43 Å². The van der Waals surface area contributed by atoms with Crippen molar-refractivity contribution in [2.45, 2.75) is 19.3 Å². The summed E-state index contributed by atoms with van der Waals surface area (Å²) < 4.78 is 11.3. The number of carbonyl (C=O) groups is 1. The van der Waals surface area contributed by atoms with E-state index in [9.17, 15) is 4.79 Å². The molecule has 1 N–H and O–H groups in total. The molecular formula is C16H22BrN3O3. The summed E-state index contributed by atoms with van der Waals surface area (Å²) in [5, 5.41) is 4.01. The van der Waals surface area contributed by atoms with Crippen LogP contribution in [0.15, 0.2) is 21.7 Å². The molecular weight excluding hydrogens is 362 g/mol. The van der Waals surface area contributed by atoms with Crippen LogP contribution in [0.3, 0.4) is 0 Å². The first-order valence-corrected chi connectivity index (χ1v) is 8.39. The minimum absolute atomic E-state index is 0.0947. The number of piperidine rings is 1. The van der Waals surface area contributed by atoms with Crippen molar-refractivity contribution >= 4 is 28.1 Å². The van der Waals surface area contributed by atoms with Gasteiger partial charge in [0.15, 0.2) is 11.5 Å². The minimum atomic E-state index is -0.0947. The van der Waals surface area contributed by atoms with Crippen LogP contribution in [0.25, 0.3) is 0 Å². The van der Waals surface area contributed by atoms with Gasteiger partial charge in [-0.2, -0.15) is 5.10 Å². The van der Waals surface area contributed by atoms with Gasteiger partial charge in [-0.1, -0.05) is 6.42 Å². The zero-order valence-corrected chi connectivity index (χ0v) is 15.1. The fourth-order valence-corrected chi connectivity index (χ4v) is 3.17. The molecule has 0 atom stereocenters. The van der Waals surface area contributed by atoms with Gasteiger partial charge < -0.3 is 9.47 Å². The second-order valence-electron chi connectivity index (χ2n) is 5.37. The Morgan fingerprint density at radius 2 is 2.04 bits per heavy atom. The van der Waals surface area contributed by atoms with Gasteiger partial charge in [-0.3, -0.25) is 9.69 Å². The largest absolute Gasteiger partial charge is 0.493 e. The Hall–Kier alpha value is -1.60. The van der Waals surface area contributed by atoms with Crippen LogP contribution in [0.1, 0.15) is 24.8 Å². The van der Waals surface area contributed by atoms with Crippen molar-refractivity contribution < 1.29 is 14.3 Å². The van der Waals surface area contributed by atoms with Gasteiger partial charge in [-0.05, 0) is 59.6 Å². The summed E-state index contributed by atoms with van der Waals surface area (Å²) in [6.07, 6.45) is 5.16. The summed E-state index contributed by atoms with van der Waals surface area (Å²) in [7, 11) is 3.16. The Kier molecular flexibility index (Phi) is 6.85. The van der Waals surface area contributed by atoms with Crippen LogP contribution in [0.5, 0.6) is 11.5 Å². The topological polar surface area (TPSA) is 63.2 Å². The van der Waals surface area contributed by atoms with E-state index in [2.05, 4.69) is 31.4 Å². The maximum Gasteiger partial charge on any atom is 0.254 e. The van der Waals surface area contributed by atoms with Crippen molar-refractivity contribution in [3.05, 3.63) is 22.2 Å². The fourth-order valence-electron chi connectivity index (χ4n) is 2.55. The standard InChI is InChI=1S/C16H22BrN3O3/c1-22-14-9-12(8-13(17)16(14)23-2)10-18-19-15(21)11-20-6-4-3-5-7-20/h8-10H,3-7,11H2,1-2H3,(H,19,21)/b18-10-. The van der Waals surface area contributed by atoms with Gasteiger partial charge in [0.05, 0.1) is 31.5 Å². The van der Waals surface area contributed by atoms with Crippen molar-refractivity contribution in [3.63, 3.8) is 0 Å². The molecule has 7 heteroatoms. The monoisotopic (exact) mass is 383 g/mol. The van der Waals surface area contributed by atoms with Gasteiger partial charge in [0.1, 0.15) is 0 Å². The number of carbonyl (C=O) groups excluding carboxylic acids is 1. The highest BCUT2D eigenvalue weighted by Crippen LogP contribution is 2.35. The van der Waals surface area contributed by atoms with E-state index in [1.807, 2.05) is 6.07 Å². The van der Waals surface area contributed by atoms with Crippen LogP contribution in [-0.4, -0.2) is 50.9 Å². The third-order valence-corrected chi connectivity index (χ3v) is 4.26. The van der Waals surface area contributed by atoms with Crippen LogP contribution in [0.2, 0.25) is 0 Å². The van der Waals surface area contributed by atoms with Gasteiger partial charge in [0.2, 0.25) is 0 Å². The average Bonchev–Trinajstić information content (AvgIpc) is 2.55. The lowest BCUT2D eigenvalue weighted by atomic mass is 10.1. The number of halogens is 1. The van der Waals surface area contributed by atoms with Crippen LogP contribution < -0.4 is 14.9 Å². The minimum Gasteiger partial charge on any atom is -0.493 e. The lowest BCUT2D eigenvalue weighted by molar-refractivity contribution is -0.122. The third kappa shape index (κ3) is 5.21. The second-order valence-corrected chi connectivity index (χ2v) is 6.22. The van der Waals surface area contributed by atoms with E-state index in [1.54, 1.807) is 26.5 Å². The maximum atomic E-state index is 11.9. The first kappa shape index (κ1) is 17.7. The fraction of sp³-hybridized carbons (Fsp3) is 0.500. The number of hydrogen-bond acceptors (Lipinski definition) is 5. The Labute approximate surface area is 145 Å². The Morgan fingerprint density at radius 1 is 1.30 bits per heavy atom. The first-order chi connectivity index (χ1) is 11.1. The molecule has 23 heavy (non-hydrogen) atoms. The number of hydrazone groups is 1. The number of likely N-dealkylation sites (tertiary alicyclic amines) is 1. The van der Waals surface area contributed by atoms with Crippen molar-refractivity contribution in [3.8, 4) is 11.5 Å². The summed E-state index contributed by atoms with van der Waals surface area (Å²) >= 11 is 3.42. The number of benzene rings is 1. The smallest absolute Gasteiger partial charge is 0.254 e. The van der Waals surface area contributed by atoms with E-state index in [-0.39, 0.29) is 5.91 Å². The molecule has 126 valence electrons. The van der Waals surface area contributed by atoms with Gasteiger partial charge in [0.25, 0.3) is 5.91 Å². The lowest BCUT2D eigenvalue weighted by Crippen LogP contribution is -2.38. The molecule has 1 heterocycles. The third-order valence-electron chi connectivity index (χ3n) is 3.67. The molecule has 1 amide bonds. The molecule has 0 radical (unpaired) electrons. The van der Waals surface area contributed by atoms with Crippen LogP contribution in [0.4, 0.5) is 0 Å². The van der Waals surface area contributed by atoms with Gasteiger partial charge in [0, 0.05) is 0 Å². The lowest BCUT2D eigenvalue weighted by Gasteiger charge is -2.25. The van der Waals surface area contributed by atoms with Crippen LogP contribution >= 0.6 is 15.9 Å². The van der Waals surface area contributed by atoms with E-state index >= 15 is 0 Å². The molecule has 1 aromatic carbocycles. The quantitative estimate of drug-likeness (QED) is 0.605. The Bertz CT molecular complexity index is 572. The Balaban J connectivity index is 1.92. The van der Waals surface area contributed by atoms with Gasteiger partial charge in [-0.15, -0.1) is 0 Å². The zero-order valence-electron chi connectivity index (χ0n) is 13.5. The summed E-state index contributed by atoms with van der Waals surface area (Å²) in [6, 6.07) is 3.64. The highest BCUT2D eigenvalue weighted by atomic mass is 79.9. The zero-order chi connectivity index (χ0) is 16.7. The maximum absolute atomic E-state index is 11.9. The molecule has 0 unspecified atom stereocenters. The number of hydrogen-bond donors (Lipinski definition) is 1. The van der Waals surface area contributed by atoms with Crippen molar-refractivity contribution in [1.82, 2.24) is 10.3 Å². The molecule has 1 saturated heterocycles. The van der Waals surface area contributed by atoms with Crippen molar-refractivity contribution in [2.24, 2.45) is 5.10 Å². The molecule has 1 fully saturated rings. The molecule has 0 spiro atoms. The number of amides is 1. The number of ether oxygens (including phenoxy) is 2. The summed E-state index contributed by atoms with van der Waals surface area (Å²) in [6.45, 7) is 2.37. The number of methoxy groups -OCH3 is 2. The van der Waals surface area contributed by atoms with E-state index in [0.717, 1.165) is 36.0 Å². The normalized spacial score (nSPS) is 15.6. The predicted molar refractivity (Wildman–Crippen MR) is 93.3 cm³/mol. The SMILES string of the molecule is COc1cc(/C=N\NC(=O)CN2CCCCC2)cc(Br)c1OC. The number of nitrogens with zero attached hydrogens (tertiary/aromatic N) is 2.